The molecule has 0 radical (unpaired) electrons. The van der Waals surface area contributed by atoms with Crippen molar-refractivity contribution >= 4 is 5.97 Å². The van der Waals surface area contributed by atoms with Crippen molar-refractivity contribution in [2.75, 3.05) is 0 Å². The Morgan fingerprint density at radius 2 is 2.14 bits per heavy atom. The number of carbonyl (C=O) groups is 1. The van der Waals surface area contributed by atoms with E-state index in [1.165, 1.54) is 25.7 Å². The number of unbranched alkanes of at least 4 members (excludes halogenated alkanes) is 4. The Balaban J connectivity index is 3.31. The van der Waals surface area contributed by atoms with E-state index in [1.54, 1.807) is 13.1 Å². The molecule has 14 heavy (non-hydrogen) atoms. The first kappa shape index (κ1) is 13.0. The zero-order valence-electron chi connectivity index (χ0n) is 9.12. The minimum absolute atomic E-state index is 0.498. The Kier molecular flexibility index (Phi) is 7.99. The van der Waals surface area contributed by atoms with Gasteiger partial charge in [0.05, 0.1) is 0 Å². The first-order chi connectivity index (χ1) is 6.68. The summed E-state index contributed by atoms with van der Waals surface area (Å²) in [4.78, 5) is 10.4. The van der Waals surface area contributed by atoms with E-state index in [2.05, 4.69) is 12.2 Å². The molecule has 0 aliphatic rings. The number of hydrogen-bond donors (Lipinski definition) is 2. The SMILES string of the molecule is CCCCCCC=CN[C@H](C)C(=O)O. The van der Waals surface area contributed by atoms with Gasteiger partial charge in [0.25, 0.3) is 0 Å². The molecule has 0 rings (SSSR count). The smallest absolute Gasteiger partial charge is 0.325 e. The Labute approximate surface area is 86.2 Å². The van der Waals surface area contributed by atoms with Crippen LogP contribution in [0, 0.1) is 0 Å². The van der Waals surface area contributed by atoms with Gasteiger partial charge in [0, 0.05) is 0 Å². The second kappa shape index (κ2) is 8.60. The summed E-state index contributed by atoms with van der Waals surface area (Å²) in [6, 6.07) is -0.498. The first-order valence-corrected chi connectivity index (χ1v) is 5.32. The second-order valence-corrected chi connectivity index (χ2v) is 3.48. The zero-order valence-corrected chi connectivity index (χ0v) is 9.12. The molecule has 0 unspecified atom stereocenters. The summed E-state index contributed by atoms with van der Waals surface area (Å²) in [7, 11) is 0. The Bertz CT molecular complexity index is 178. The molecular formula is C11H21NO2. The van der Waals surface area contributed by atoms with Crippen LogP contribution in [0.4, 0.5) is 0 Å². The molecule has 0 aromatic heterocycles. The van der Waals surface area contributed by atoms with Crippen molar-refractivity contribution in [3.05, 3.63) is 12.3 Å². The van der Waals surface area contributed by atoms with Crippen LogP contribution in [0.1, 0.15) is 46.0 Å². The third kappa shape index (κ3) is 7.65. The number of rotatable bonds is 8. The van der Waals surface area contributed by atoms with Gasteiger partial charge in [0.15, 0.2) is 0 Å². The Morgan fingerprint density at radius 3 is 2.71 bits per heavy atom. The summed E-state index contributed by atoms with van der Waals surface area (Å²) >= 11 is 0. The van der Waals surface area contributed by atoms with Crippen LogP contribution in [0.15, 0.2) is 12.3 Å². The fraction of sp³-hybridized carbons (Fsp3) is 0.727. The standard InChI is InChI=1S/C11H21NO2/c1-3-4-5-6-7-8-9-12-10(2)11(13)14/h8-10,12H,3-7H2,1-2H3,(H,13,14)/t10-/m1/s1. The Hall–Kier alpha value is -0.990. The highest BCUT2D eigenvalue weighted by atomic mass is 16.4. The third-order valence-corrected chi connectivity index (χ3v) is 2.06. The van der Waals surface area contributed by atoms with Gasteiger partial charge in [0.1, 0.15) is 6.04 Å². The number of allylic oxidation sites excluding steroid dienone is 1. The van der Waals surface area contributed by atoms with E-state index in [9.17, 15) is 4.79 Å². The predicted molar refractivity (Wildman–Crippen MR) is 58.1 cm³/mol. The molecule has 0 spiro atoms. The van der Waals surface area contributed by atoms with Crippen LogP contribution < -0.4 is 5.32 Å². The predicted octanol–water partition coefficient (Wildman–Crippen LogP) is 2.53. The van der Waals surface area contributed by atoms with Crippen molar-refractivity contribution in [2.45, 2.75) is 52.0 Å². The highest BCUT2D eigenvalue weighted by Gasteiger charge is 2.05. The average Bonchev–Trinajstić information content (AvgIpc) is 2.16. The van der Waals surface area contributed by atoms with Gasteiger partial charge in [-0.1, -0.05) is 32.3 Å². The van der Waals surface area contributed by atoms with Crippen LogP contribution in [0.3, 0.4) is 0 Å². The average molecular weight is 199 g/mol. The molecule has 1 atom stereocenters. The number of carboxylic acid groups (broad SMARTS) is 1. The molecular weight excluding hydrogens is 178 g/mol. The molecule has 0 aliphatic carbocycles. The highest BCUT2D eigenvalue weighted by molar-refractivity contribution is 5.72. The molecule has 0 bridgehead atoms. The summed E-state index contributed by atoms with van der Waals surface area (Å²) in [6.07, 6.45) is 9.74. The molecule has 0 amide bonds. The lowest BCUT2D eigenvalue weighted by atomic mass is 10.1. The molecule has 3 nitrogen and oxygen atoms in total. The van der Waals surface area contributed by atoms with Gasteiger partial charge in [0.2, 0.25) is 0 Å². The highest BCUT2D eigenvalue weighted by Crippen LogP contribution is 2.02. The van der Waals surface area contributed by atoms with E-state index >= 15 is 0 Å². The monoisotopic (exact) mass is 199 g/mol. The number of hydrogen-bond acceptors (Lipinski definition) is 2. The van der Waals surface area contributed by atoms with E-state index < -0.39 is 12.0 Å². The summed E-state index contributed by atoms with van der Waals surface area (Å²) in [5.41, 5.74) is 0. The molecule has 2 N–H and O–H groups in total. The largest absolute Gasteiger partial charge is 0.480 e. The van der Waals surface area contributed by atoms with Gasteiger partial charge in [-0.2, -0.15) is 0 Å². The molecule has 0 aromatic rings. The van der Waals surface area contributed by atoms with Crippen LogP contribution in [0.25, 0.3) is 0 Å². The van der Waals surface area contributed by atoms with Crippen LogP contribution in [0.2, 0.25) is 0 Å². The summed E-state index contributed by atoms with van der Waals surface area (Å²) in [5.74, 6) is -0.819. The van der Waals surface area contributed by atoms with Crippen molar-refractivity contribution in [3.8, 4) is 0 Å². The lowest BCUT2D eigenvalue weighted by molar-refractivity contribution is -0.138. The Morgan fingerprint density at radius 1 is 1.43 bits per heavy atom. The maximum Gasteiger partial charge on any atom is 0.325 e. The quantitative estimate of drug-likeness (QED) is 0.591. The summed E-state index contributed by atoms with van der Waals surface area (Å²) in [5, 5.41) is 11.4. The molecule has 0 fully saturated rings. The third-order valence-electron chi connectivity index (χ3n) is 2.06. The minimum atomic E-state index is -0.819. The fourth-order valence-corrected chi connectivity index (χ4v) is 1.06. The maximum atomic E-state index is 10.4. The molecule has 0 saturated carbocycles. The molecule has 0 aromatic carbocycles. The van der Waals surface area contributed by atoms with Crippen molar-refractivity contribution in [2.24, 2.45) is 0 Å². The van der Waals surface area contributed by atoms with Crippen molar-refractivity contribution in [1.82, 2.24) is 5.32 Å². The summed E-state index contributed by atoms with van der Waals surface area (Å²) < 4.78 is 0. The molecule has 82 valence electrons. The van der Waals surface area contributed by atoms with Crippen LogP contribution in [0.5, 0.6) is 0 Å². The minimum Gasteiger partial charge on any atom is -0.480 e. The molecule has 3 heteroatoms. The van der Waals surface area contributed by atoms with Crippen LogP contribution >= 0.6 is 0 Å². The molecule has 0 aliphatic heterocycles. The van der Waals surface area contributed by atoms with Gasteiger partial charge in [-0.05, 0) is 26.0 Å². The van der Waals surface area contributed by atoms with Gasteiger partial charge >= 0.3 is 5.97 Å². The van der Waals surface area contributed by atoms with Gasteiger partial charge in [-0.3, -0.25) is 4.79 Å². The van der Waals surface area contributed by atoms with E-state index in [-0.39, 0.29) is 0 Å². The van der Waals surface area contributed by atoms with E-state index in [1.807, 2.05) is 6.08 Å². The van der Waals surface area contributed by atoms with Crippen molar-refractivity contribution < 1.29 is 9.90 Å². The van der Waals surface area contributed by atoms with Crippen LogP contribution in [-0.2, 0) is 4.79 Å². The topological polar surface area (TPSA) is 49.3 Å². The van der Waals surface area contributed by atoms with Crippen LogP contribution in [-0.4, -0.2) is 17.1 Å². The summed E-state index contributed by atoms with van der Waals surface area (Å²) in [6.45, 7) is 3.82. The van der Waals surface area contributed by atoms with Gasteiger partial charge < -0.3 is 10.4 Å². The number of aliphatic carboxylic acids is 1. The lowest BCUT2D eigenvalue weighted by Gasteiger charge is -2.04. The van der Waals surface area contributed by atoms with Gasteiger partial charge in [-0.15, -0.1) is 0 Å². The maximum absolute atomic E-state index is 10.4. The van der Waals surface area contributed by atoms with E-state index in [0.29, 0.717) is 0 Å². The van der Waals surface area contributed by atoms with E-state index in [4.69, 9.17) is 5.11 Å². The first-order valence-electron chi connectivity index (χ1n) is 5.32. The molecule has 0 heterocycles. The van der Waals surface area contributed by atoms with Crippen molar-refractivity contribution in [1.29, 1.82) is 0 Å². The lowest BCUT2D eigenvalue weighted by Crippen LogP contribution is -2.29. The second-order valence-electron chi connectivity index (χ2n) is 3.48. The normalized spacial score (nSPS) is 13.0. The van der Waals surface area contributed by atoms with E-state index in [0.717, 1.165) is 6.42 Å². The number of nitrogens with one attached hydrogen (secondary N) is 1. The van der Waals surface area contributed by atoms with Gasteiger partial charge in [-0.25, -0.2) is 0 Å². The number of carboxylic acids is 1. The zero-order chi connectivity index (χ0) is 10.8. The fourth-order valence-electron chi connectivity index (χ4n) is 1.06. The molecule has 0 saturated heterocycles. The van der Waals surface area contributed by atoms with Crippen molar-refractivity contribution in [3.63, 3.8) is 0 Å².